The van der Waals surface area contributed by atoms with Crippen LogP contribution < -0.4 is 4.74 Å². The maximum atomic E-state index is 12.9. The number of aryl methyl sites for hydroxylation is 4. The van der Waals surface area contributed by atoms with Gasteiger partial charge in [-0.1, -0.05) is 5.16 Å². The molecule has 0 bridgehead atoms. The molecule has 1 aliphatic heterocycles. The zero-order valence-corrected chi connectivity index (χ0v) is 15.6. The number of sulfonamides is 1. The van der Waals surface area contributed by atoms with Gasteiger partial charge in [-0.05, 0) is 46.6 Å². The number of hydrogen-bond acceptors (Lipinski definition) is 7. The van der Waals surface area contributed by atoms with Gasteiger partial charge in [0.2, 0.25) is 10.0 Å². The van der Waals surface area contributed by atoms with E-state index < -0.39 is 10.0 Å². The third-order valence-electron chi connectivity index (χ3n) is 4.14. The Morgan fingerprint density at radius 3 is 2.48 bits per heavy atom. The summed E-state index contributed by atoms with van der Waals surface area (Å²) in [5, 5.41) is 3.75. The molecule has 25 heavy (non-hydrogen) atoms. The van der Waals surface area contributed by atoms with Crippen molar-refractivity contribution in [2.24, 2.45) is 0 Å². The average Bonchev–Trinajstić information content (AvgIpc) is 2.86. The Bertz CT molecular complexity index is 839. The predicted octanol–water partition coefficient (Wildman–Crippen LogP) is 1.93. The summed E-state index contributed by atoms with van der Waals surface area (Å²) in [6, 6.07) is 2.15. The second kappa shape index (κ2) is 6.72. The van der Waals surface area contributed by atoms with Gasteiger partial charge in [-0.25, -0.2) is 18.4 Å². The second-order valence-corrected chi connectivity index (χ2v) is 8.21. The fourth-order valence-electron chi connectivity index (χ4n) is 3.09. The highest BCUT2D eigenvalue weighted by Crippen LogP contribution is 2.26. The Balaban J connectivity index is 1.79. The highest BCUT2D eigenvalue weighted by Gasteiger charge is 2.35. The van der Waals surface area contributed by atoms with Crippen LogP contribution in [0.15, 0.2) is 15.5 Å². The summed E-state index contributed by atoms with van der Waals surface area (Å²) >= 11 is 0. The number of aromatic nitrogens is 3. The molecular weight excluding hydrogens is 344 g/mol. The smallest absolute Gasteiger partial charge is 0.317 e. The number of piperidine rings is 1. The molecule has 0 aliphatic carbocycles. The quantitative estimate of drug-likeness (QED) is 0.815. The molecule has 1 saturated heterocycles. The van der Waals surface area contributed by atoms with Gasteiger partial charge in [0.1, 0.15) is 16.7 Å². The zero-order chi connectivity index (χ0) is 18.2. The van der Waals surface area contributed by atoms with Gasteiger partial charge < -0.3 is 9.26 Å². The standard InChI is InChI=1S/C16H22N4O4S/c1-10-8-11(2)18-16(17-10)23-14-6-5-7-20(9-14)25(21,22)15-12(3)19-24-13(15)4/h8,14H,5-7,9H2,1-4H3. The minimum absolute atomic E-state index is 0.149. The van der Waals surface area contributed by atoms with E-state index in [4.69, 9.17) is 9.26 Å². The molecule has 3 heterocycles. The van der Waals surface area contributed by atoms with E-state index >= 15 is 0 Å². The van der Waals surface area contributed by atoms with Crippen molar-refractivity contribution >= 4 is 10.0 Å². The van der Waals surface area contributed by atoms with Crippen molar-refractivity contribution in [1.29, 1.82) is 0 Å². The molecular formula is C16H22N4O4S. The largest absolute Gasteiger partial charge is 0.459 e. The summed E-state index contributed by atoms with van der Waals surface area (Å²) in [5.74, 6) is 0.304. The third kappa shape index (κ3) is 3.67. The van der Waals surface area contributed by atoms with Crippen LogP contribution in [-0.2, 0) is 10.0 Å². The minimum Gasteiger partial charge on any atom is -0.459 e. The number of nitrogens with zero attached hydrogens (tertiary/aromatic N) is 4. The van der Waals surface area contributed by atoms with Crippen LogP contribution in [0, 0.1) is 27.7 Å². The van der Waals surface area contributed by atoms with E-state index in [1.807, 2.05) is 19.9 Å². The van der Waals surface area contributed by atoms with E-state index in [0.717, 1.165) is 17.8 Å². The van der Waals surface area contributed by atoms with Crippen molar-refractivity contribution < 1.29 is 17.7 Å². The van der Waals surface area contributed by atoms with Crippen molar-refractivity contribution in [3.63, 3.8) is 0 Å². The number of rotatable bonds is 4. The molecule has 0 aromatic carbocycles. The van der Waals surface area contributed by atoms with E-state index in [0.29, 0.717) is 30.4 Å². The number of ether oxygens (including phenoxy) is 1. The summed E-state index contributed by atoms with van der Waals surface area (Å²) in [6.07, 6.45) is 1.17. The highest BCUT2D eigenvalue weighted by atomic mass is 32.2. The van der Waals surface area contributed by atoms with Crippen LogP contribution in [0.1, 0.15) is 35.7 Å². The molecule has 1 unspecified atom stereocenters. The Morgan fingerprint density at radius 2 is 1.88 bits per heavy atom. The topological polar surface area (TPSA) is 98.4 Å². The zero-order valence-electron chi connectivity index (χ0n) is 14.8. The molecule has 2 aromatic heterocycles. The highest BCUT2D eigenvalue weighted by molar-refractivity contribution is 7.89. The van der Waals surface area contributed by atoms with Gasteiger partial charge >= 0.3 is 6.01 Å². The van der Waals surface area contributed by atoms with Gasteiger partial charge in [-0.15, -0.1) is 0 Å². The fourth-order valence-corrected chi connectivity index (χ4v) is 4.89. The van der Waals surface area contributed by atoms with E-state index in [9.17, 15) is 8.42 Å². The molecule has 8 nitrogen and oxygen atoms in total. The SMILES string of the molecule is Cc1cc(C)nc(OC2CCCN(S(=O)(=O)c3c(C)noc3C)C2)n1. The molecule has 0 saturated carbocycles. The normalized spacial score (nSPS) is 19.1. The van der Waals surface area contributed by atoms with Crippen molar-refractivity contribution in [3.05, 3.63) is 28.9 Å². The summed E-state index contributed by atoms with van der Waals surface area (Å²) in [6.45, 7) is 7.68. The molecule has 0 spiro atoms. The van der Waals surface area contributed by atoms with Crippen LogP contribution in [0.2, 0.25) is 0 Å². The third-order valence-corrected chi connectivity index (χ3v) is 6.25. The summed E-state index contributed by atoms with van der Waals surface area (Å²) < 4.78 is 38.2. The Hall–Kier alpha value is -2.00. The molecule has 3 rings (SSSR count). The van der Waals surface area contributed by atoms with Crippen LogP contribution in [0.5, 0.6) is 6.01 Å². The average molecular weight is 366 g/mol. The van der Waals surface area contributed by atoms with Gasteiger partial charge in [0, 0.05) is 17.9 Å². The molecule has 1 fully saturated rings. The molecule has 0 radical (unpaired) electrons. The molecule has 1 aliphatic rings. The number of hydrogen-bond donors (Lipinski definition) is 0. The molecule has 9 heteroatoms. The fraction of sp³-hybridized carbons (Fsp3) is 0.562. The van der Waals surface area contributed by atoms with Gasteiger partial charge in [0.25, 0.3) is 0 Å². The predicted molar refractivity (Wildman–Crippen MR) is 89.9 cm³/mol. The molecule has 2 aromatic rings. The van der Waals surface area contributed by atoms with Crippen molar-refractivity contribution in [2.75, 3.05) is 13.1 Å². The van der Waals surface area contributed by atoms with Gasteiger partial charge in [-0.3, -0.25) is 0 Å². The van der Waals surface area contributed by atoms with Crippen LogP contribution in [0.3, 0.4) is 0 Å². The molecule has 0 N–H and O–H groups in total. The van der Waals surface area contributed by atoms with Crippen molar-refractivity contribution in [2.45, 2.75) is 51.5 Å². The minimum atomic E-state index is -3.67. The molecule has 1 atom stereocenters. The Kier molecular flexibility index (Phi) is 4.79. The Morgan fingerprint density at radius 1 is 1.20 bits per heavy atom. The van der Waals surface area contributed by atoms with E-state index in [1.54, 1.807) is 13.8 Å². The maximum absolute atomic E-state index is 12.9. The van der Waals surface area contributed by atoms with Gasteiger partial charge in [0.05, 0.1) is 6.54 Å². The van der Waals surface area contributed by atoms with Crippen LogP contribution in [0.4, 0.5) is 0 Å². The molecule has 0 amide bonds. The lowest BCUT2D eigenvalue weighted by Gasteiger charge is -2.31. The second-order valence-electron chi connectivity index (χ2n) is 6.33. The van der Waals surface area contributed by atoms with E-state index in [1.165, 1.54) is 4.31 Å². The summed E-state index contributed by atoms with van der Waals surface area (Å²) in [5.41, 5.74) is 2.01. The van der Waals surface area contributed by atoms with Gasteiger partial charge in [-0.2, -0.15) is 4.31 Å². The van der Waals surface area contributed by atoms with Crippen LogP contribution >= 0.6 is 0 Å². The lowest BCUT2D eigenvalue weighted by atomic mass is 10.1. The first-order valence-corrected chi connectivity index (χ1v) is 9.63. The van der Waals surface area contributed by atoms with E-state index in [2.05, 4.69) is 15.1 Å². The van der Waals surface area contributed by atoms with E-state index in [-0.39, 0.29) is 17.5 Å². The van der Waals surface area contributed by atoms with Crippen molar-refractivity contribution in [3.8, 4) is 6.01 Å². The lowest BCUT2D eigenvalue weighted by Crippen LogP contribution is -2.44. The monoisotopic (exact) mass is 366 g/mol. The molecule has 136 valence electrons. The summed E-state index contributed by atoms with van der Waals surface area (Å²) in [4.78, 5) is 8.68. The summed E-state index contributed by atoms with van der Waals surface area (Å²) in [7, 11) is -3.67. The first kappa shape index (κ1) is 17.8. The van der Waals surface area contributed by atoms with Crippen molar-refractivity contribution in [1.82, 2.24) is 19.4 Å². The lowest BCUT2D eigenvalue weighted by molar-refractivity contribution is 0.118. The van der Waals surface area contributed by atoms with Crippen LogP contribution in [0.25, 0.3) is 0 Å². The first-order valence-electron chi connectivity index (χ1n) is 8.19. The first-order chi connectivity index (χ1) is 11.8. The Labute approximate surface area is 147 Å². The van der Waals surface area contributed by atoms with Crippen LogP contribution in [-0.4, -0.2) is 47.0 Å². The van der Waals surface area contributed by atoms with Gasteiger partial charge in [0.15, 0.2) is 5.76 Å². The maximum Gasteiger partial charge on any atom is 0.317 e.